The summed E-state index contributed by atoms with van der Waals surface area (Å²) in [5.74, 6) is 0.704. The molecule has 1 fully saturated rings. The average molecular weight is 395 g/mol. The number of carboxylic acids is 1. The van der Waals surface area contributed by atoms with Crippen molar-refractivity contribution in [3.63, 3.8) is 0 Å². The van der Waals surface area contributed by atoms with Crippen LogP contribution in [0.2, 0.25) is 0 Å². The van der Waals surface area contributed by atoms with E-state index in [4.69, 9.17) is 14.2 Å². The molecule has 2 aromatic rings. The van der Waals surface area contributed by atoms with Crippen LogP contribution in [0.25, 0.3) is 0 Å². The van der Waals surface area contributed by atoms with Gasteiger partial charge in [-0.3, -0.25) is 4.79 Å². The highest BCUT2D eigenvalue weighted by Crippen LogP contribution is 2.49. The van der Waals surface area contributed by atoms with Gasteiger partial charge in [0.15, 0.2) is 17.5 Å². The fraction of sp³-hybridized carbons (Fsp3) is 0.364. The molecule has 5 rings (SSSR count). The summed E-state index contributed by atoms with van der Waals surface area (Å²) < 4.78 is 16.6. The second-order valence-corrected chi connectivity index (χ2v) is 7.60. The van der Waals surface area contributed by atoms with Gasteiger partial charge in [-0.15, -0.1) is 0 Å². The molecule has 2 N–H and O–H groups in total. The van der Waals surface area contributed by atoms with E-state index in [1.165, 1.54) is 0 Å². The molecule has 7 heteroatoms. The molecule has 1 saturated carbocycles. The Bertz CT molecular complexity index is 987. The van der Waals surface area contributed by atoms with Gasteiger partial charge in [0.1, 0.15) is 19.0 Å². The summed E-state index contributed by atoms with van der Waals surface area (Å²) in [6.07, 6.45) is 1.44. The molecule has 1 aliphatic carbocycles. The Morgan fingerprint density at radius 3 is 2.55 bits per heavy atom. The van der Waals surface area contributed by atoms with E-state index in [2.05, 4.69) is 5.32 Å². The zero-order chi connectivity index (χ0) is 20.0. The van der Waals surface area contributed by atoms with Gasteiger partial charge < -0.3 is 24.6 Å². The molecule has 29 heavy (non-hydrogen) atoms. The van der Waals surface area contributed by atoms with Crippen LogP contribution in [-0.4, -0.2) is 36.8 Å². The average Bonchev–Trinajstić information content (AvgIpc) is 3.40. The van der Waals surface area contributed by atoms with E-state index >= 15 is 0 Å². The number of ether oxygens (including phenoxy) is 3. The van der Waals surface area contributed by atoms with Gasteiger partial charge in [-0.2, -0.15) is 0 Å². The maximum Gasteiger partial charge on any atom is 0.330 e. The summed E-state index contributed by atoms with van der Waals surface area (Å²) >= 11 is 0. The Hall–Kier alpha value is -3.22. The zero-order valence-corrected chi connectivity index (χ0v) is 15.7. The van der Waals surface area contributed by atoms with E-state index < -0.39 is 12.0 Å². The van der Waals surface area contributed by atoms with Gasteiger partial charge in [0, 0.05) is 12.3 Å². The Morgan fingerprint density at radius 1 is 0.966 bits per heavy atom. The lowest BCUT2D eigenvalue weighted by molar-refractivity contribution is -0.142. The van der Waals surface area contributed by atoms with Gasteiger partial charge in [0.2, 0.25) is 5.91 Å². The lowest BCUT2D eigenvalue weighted by Crippen LogP contribution is -2.35. The van der Waals surface area contributed by atoms with Crippen molar-refractivity contribution in [3.8, 4) is 17.2 Å². The number of carboxylic acid groups (broad SMARTS) is 1. The molecule has 3 unspecified atom stereocenters. The van der Waals surface area contributed by atoms with Crippen LogP contribution in [0.3, 0.4) is 0 Å². The van der Waals surface area contributed by atoms with Gasteiger partial charge in [-0.1, -0.05) is 12.1 Å². The summed E-state index contributed by atoms with van der Waals surface area (Å²) in [6.45, 7) is 1.64. The van der Waals surface area contributed by atoms with Crippen LogP contribution >= 0.6 is 0 Å². The molecule has 150 valence electrons. The molecular weight excluding hydrogens is 374 g/mol. The van der Waals surface area contributed by atoms with Crippen molar-refractivity contribution >= 4 is 11.9 Å². The molecule has 0 aromatic heterocycles. The Kier molecular flexibility index (Phi) is 4.30. The molecule has 0 radical (unpaired) electrons. The highest BCUT2D eigenvalue weighted by molar-refractivity contribution is 5.88. The summed E-state index contributed by atoms with van der Waals surface area (Å²) in [4.78, 5) is 24.6. The number of benzene rings is 2. The number of nitrogens with one attached hydrogen (secondary N) is 1. The molecule has 3 atom stereocenters. The SMILES string of the molecule is O=C(O)C(NC(=O)C1CC1c1ccc2c(c1)OCCO2)c1ccc2c(c1)CCO2. The first-order chi connectivity index (χ1) is 14.1. The summed E-state index contributed by atoms with van der Waals surface area (Å²) in [6, 6.07) is 9.94. The van der Waals surface area contributed by atoms with Crippen LogP contribution in [-0.2, 0) is 16.0 Å². The van der Waals surface area contributed by atoms with Gasteiger partial charge in [-0.25, -0.2) is 4.79 Å². The van der Waals surface area contributed by atoms with Crippen LogP contribution < -0.4 is 19.5 Å². The molecule has 0 bridgehead atoms. The highest BCUT2D eigenvalue weighted by Gasteiger charge is 2.45. The first-order valence-corrected chi connectivity index (χ1v) is 9.78. The van der Waals surface area contributed by atoms with Gasteiger partial charge in [0.25, 0.3) is 0 Å². The number of rotatable bonds is 5. The third kappa shape index (κ3) is 3.37. The fourth-order valence-corrected chi connectivity index (χ4v) is 4.07. The predicted molar refractivity (Wildman–Crippen MR) is 102 cm³/mol. The van der Waals surface area contributed by atoms with Gasteiger partial charge >= 0.3 is 5.97 Å². The molecule has 2 aliphatic heterocycles. The van der Waals surface area contributed by atoms with E-state index in [1.807, 2.05) is 24.3 Å². The Labute approximate surface area is 167 Å². The molecule has 3 aliphatic rings. The molecule has 2 aromatic carbocycles. The minimum Gasteiger partial charge on any atom is -0.493 e. The van der Waals surface area contributed by atoms with Gasteiger partial charge in [0.05, 0.1) is 6.61 Å². The van der Waals surface area contributed by atoms with Crippen LogP contribution in [0.5, 0.6) is 17.2 Å². The van der Waals surface area contributed by atoms with E-state index in [1.54, 1.807) is 12.1 Å². The Morgan fingerprint density at radius 2 is 1.72 bits per heavy atom. The minimum atomic E-state index is -1.08. The molecular formula is C22H21NO6. The lowest BCUT2D eigenvalue weighted by Gasteiger charge is -2.19. The van der Waals surface area contributed by atoms with Crippen molar-refractivity contribution in [3.05, 3.63) is 53.1 Å². The maximum atomic E-state index is 12.7. The first-order valence-electron chi connectivity index (χ1n) is 9.78. The van der Waals surface area contributed by atoms with Crippen LogP contribution in [0.4, 0.5) is 0 Å². The molecule has 1 amide bonds. The number of carbonyl (C=O) groups excluding carboxylic acids is 1. The van der Waals surface area contributed by atoms with Crippen LogP contribution in [0.1, 0.15) is 35.1 Å². The summed E-state index contributed by atoms with van der Waals surface area (Å²) in [7, 11) is 0. The summed E-state index contributed by atoms with van der Waals surface area (Å²) in [5, 5.41) is 12.4. The number of carbonyl (C=O) groups is 2. The second kappa shape index (κ2) is 6.99. The van der Waals surface area contributed by atoms with Crippen LogP contribution in [0, 0.1) is 5.92 Å². The third-order valence-electron chi connectivity index (χ3n) is 5.70. The van der Waals surface area contributed by atoms with Crippen molar-refractivity contribution in [2.45, 2.75) is 24.8 Å². The smallest absolute Gasteiger partial charge is 0.330 e. The standard InChI is InChI=1S/C22H21NO6/c24-21(16-11-15(16)12-1-4-18-19(10-12)29-8-7-28-18)23-20(22(25)26)14-2-3-17-13(9-14)5-6-27-17/h1-4,9-10,15-16,20H,5-8,11H2,(H,23,24)(H,25,26). The van der Waals surface area contributed by atoms with Crippen molar-refractivity contribution < 1.29 is 28.9 Å². The fourth-order valence-electron chi connectivity index (χ4n) is 4.07. The zero-order valence-electron chi connectivity index (χ0n) is 15.7. The van der Waals surface area contributed by atoms with E-state index in [0.29, 0.717) is 43.3 Å². The number of hydrogen-bond acceptors (Lipinski definition) is 5. The maximum absolute atomic E-state index is 12.7. The highest BCUT2D eigenvalue weighted by atomic mass is 16.6. The first kappa shape index (κ1) is 17.8. The minimum absolute atomic E-state index is 0.0636. The third-order valence-corrected chi connectivity index (χ3v) is 5.70. The second-order valence-electron chi connectivity index (χ2n) is 7.60. The molecule has 2 heterocycles. The van der Waals surface area contributed by atoms with Crippen molar-refractivity contribution in [2.75, 3.05) is 19.8 Å². The predicted octanol–water partition coefficient (Wildman–Crippen LogP) is 2.44. The number of amides is 1. The van der Waals surface area contributed by atoms with Crippen LogP contribution in [0.15, 0.2) is 36.4 Å². The number of fused-ring (bicyclic) bond motifs is 2. The number of hydrogen-bond donors (Lipinski definition) is 2. The van der Waals surface area contributed by atoms with Gasteiger partial charge in [-0.05, 0) is 53.3 Å². The normalized spacial score (nSPS) is 22.2. The largest absolute Gasteiger partial charge is 0.493 e. The monoisotopic (exact) mass is 395 g/mol. The van der Waals surface area contributed by atoms with E-state index in [0.717, 1.165) is 23.3 Å². The molecule has 7 nitrogen and oxygen atoms in total. The van der Waals surface area contributed by atoms with E-state index in [-0.39, 0.29) is 17.7 Å². The lowest BCUT2D eigenvalue weighted by atomic mass is 10.0. The topological polar surface area (TPSA) is 94.1 Å². The molecule has 0 saturated heterocycles. The van der Waals surface area contributed by atoms with E-state index in [9.17, 15) is 14.7 Å². The van der Waals surface area contributed by atoms with Crippen molar-refractivity contribution in [1.29, 1.82) is 0 Å². The Balaban J connectivity index is 1.29. The number of aliphatic carboxylic acids is 1. The molecule has 0 spiro atoms. The van der Waals surface area contributed by atoms with Crippen molar-refractivity contribution in [2.24, 2.45) is 5.92 Å². The van der Waals surface area contributed by atoms with Crippen molar-refractivity contribution in [1.82, 2.24) is 5.32 Å². The quantitative estimate of drug-likeness (QED) is 0.808. The summed E-state index contributed by atoms with van der Waals surface area (Å²) in [5.41, 5.74) is 2.55.